The maximum absolute atomic E-state index is 13.4. The normalized spacial score (nSPS) is 17.9. The van der Waals surface area contributed by atoms with E-state index in [1.165, 1.54) is 0 Å². The van der Waals surface area contributed by atoms with Crippen LogP contribution in [0.25, 0.3) is 0 Å². The fraction of sp³-hybridized carbons (Fsp3) is 0.400. The maximum atomic E-state index is 13.4. The lowest BCUT2D eigenvalue weighted by Gasteiger charge is -2.36. The molecule has 6 nitrogen and oxygen atoms in total. The van der Waals surface area contributed by atoms with Crippen LogP contribution < -0.4 is 10.1 Å². The number of piperazine rings is 1. The van der Waals surface area contributed by atoms with Crippen molar-refractivity contribution in [2.45, 2.75) is 17.5 Å². The Morgan fingerprint density at radius 2 is 1.82 bits per heavy atom. The van der Waals surface area contributed by atoms with Gasteiger partial charge in [-0.25, -0.2) is 8.42 Å². The highest BCUT2D eigenvalue weighted by molar-refractivity contribution is 7.89. The predicted octanol–water partition coefficient (Wildman–Crippen LogP) is 2.51. The number of methoxy groups -OCH3 is 1. The van der Waals surface area contributed by atoms with E-state index in [1.54, 1.807) is 23.5 Å². The molecule has 0 saturated carbocycles. The summed E-state index contributed by atoms with van der Waals surface area (Å²) in [7, 11) is 1.98. The number of benzene rings is 2. The van der Waals surface area contributed by atoms with Gasteiger partial charge in [0.15, 0.2) is 0 Å². The van der Waals surface area contributed by atoms with Crippen LogP contribution >= 0.6 is 12.4 Å². The highest BCUT2D eigenvalue weighted by atomic mass is 35.5. The van der Waals surface area contributed by atoms with Crippen molar-refractivity contribution in [3.8, 4) is 5.75 Å². The van der Waals surface area contributed by atoms with Crippen molar-refractivity contribution in [2.24, 2.45) is 0 Å². The zero-order chi connectivity index (χ0) is 19.4. The number of hydrogen-bond acceptors (Lipinski definition) is 5. The Labute approximate surface area is 173 Å². The van der Waals surface area contributed by atoms with Crippen molar-refractivity contribution < 1.29 is 13.2 Å². The number of sulfonamides is 1. The monoisotopic (exact) mass is 425 g/mol. The summed E-state index contributed by atoms with van der Waals surface area (Å²) in [6, 6.07) is 14.5. The molecule has 0 spiro atoms. The lowest BCUT2D eigenvalue weighted by molar-refractivity contribution is 0.264. The number of para-hydroxylation sites is 1. The van der Waals surface area contributed by atoms with Crippen LogP contribution in [0.4, 0.5) is 0 Å². The van der Waals surface area contributed by atoms with Gasteiger partial charge < -0.3 is 15.0 Å². The summed E-state index contributed by atoms with van der Waals surface area (Å²) >= 11 is 0. The third kappa shape index (κ3) is 4.85. The Kier molecular flexibility index (Phi) is 7.86. The molecular formula is C20H28ClN3O3S. The number of rotatable bonds is 6. The SMILES string of the molecule is COc1ccccc1C1CNCCN1S(=O)(=O)c1ccc(CN(C)C)cc1.Cl. The van der Waals surface area contributed by atoms with Crippen molar-refractivity contribution in [1.29, 1.82) is 0 Å². The van der Waals surface area contributed by atoms with Crippen molar-refractivity contribution in [2.75, 3.05) is 40.8 Å². The van der Waals surface area contributed by atoms with Gasteiger partial charge in [-0.15, -0.1) is 12.4 Å². The summed E-state index contributed by atoms with van der Waals surface area (Å²) in [6.07, 6.45) is 0. The first kappa shape index (κ1) is 22.6. The van der Waals surface area contributed by atoms with Crippen molar-refractivity contribution in [3.05, 3.63) is 59.7 Å². The lowest BCUT2D eigenvalue weighted by Crippen LogP contribution is -2.48. The summed E-state index contributed by atoms with van der Waals surface area (Å²) < 4.78 is 33.8. The third-order valence-corrected chi connectivity index (χ3v) is 6.64. The second-order valence-corrected chi connectivity index (χ2v) is 8.85. The molecule has 0 aromatic heterocycles. The molecule has 1 atom stereocenters. The van der Waals surface area contributed by atoms with Crippen LogP contribution in [0.2, 0.25) is 0 Å². The predicted molar refractivity (Wildman–Crippen MR) is 114 cm³/mol. The molecule has 28 heavy (non-hydrogen) atoms. The van der Waals surface area contributed by atoms with Gasteiger partial charge in [0.2, 0.25) is 10.0 Å². The van der Waals surface area contributed by atoms with Gasteiger partial charge in [-0.3, -0.25) is 0 Å². The fourth-order valence-electron chi connectivity index (χ4n) is 3.45. The highest BCUT2D eigenvalue weighted by Gasteiger charge is 2.35. The molecule has 1 aliphatic rings. The first-order valence-corrected chi connectivity index (χ1v) is 10.5. The Balaban J connectivity index is 0.00000280. The zero-order valence-electron chi connectivity index (χ0n) is 16.5. The summed E-state index contributed by atoms with van der Waals surface area (Å²) in [5, 5.41) is 3.30. The minimum atomic E-state index is -3.61. The van der Waals surface area contributed by atoms with Gasteiger partial charge in [-0.1, -0.05) is 30.3 Å². The van der Waals surface area contributed by atoms with Gasteiger partial charge in [-0.2, -0.15) is 4.31 Å². The molecular weight excluding hydrogens is 398 g/mol. The van der Waals surface area contributed by atoms with Crippen LogP contribution in [0, 0.1) is 0 Å². The van der Waals surface area contributed by atoms with E-state index in [-0.39, 0.29) is 18.4 Å². The average molecular weight is 426 g/mol. The lowest BCUT2D eigenvalue weighted by atomic mass is 10.0. The van der Waals surface area contributed by atoms with E-state index in [9.17, 15) is 8.42 Å². The molecule has 1 unspecified atom stereocenters. The van der Waals surface area contributed by atoms with Crippen LogP contribution in [0.5, 0.6) is 5.75 Å². The molecule has 1 N–H and O–H groups in total. The van der Waals surface area contributed by atoms with E-state index in [1.807, 2.05) is 50.5 Å². The summed E-state index contributed by atoms with van der Waals surface area (Å²) in [5.41, 5.74) is 1.96. The first-order chi connectivity index (χ1) is 12.9. The van der Waals surface area contributed by atoms with Crippen LogP contribution in [-0.4, -0.2) is 58.5 Å². The molecule has 0 radical (unpaired) electrons. The van der Waals surface area contributed by atoms with Gasteiger partial charge in [0, 0.05) is 31.7 Å². The molecule has 8 heteroatoms. The summed E-state index contributed by atoms with van der Waals surface area (Å²) in [4.78, 5) is 2.38. The molecule has 1 saturated heterocycles. The van der Waals surface area contributed by atoms with Crippen LogP contribution in [0.1, 0.15) is 17.2 Å². The first-order valence-electron chi connectivity index (χ1n) is 9.02. The van der Waals surface area contributed by atoms with Gasteiger partial charge in [0.25, 0.3) is 0 Å². The number of hydrogen-bond donors (Lipinski definition) is 1. The average Bonchev–Trinajstić information content (AvgIpc) is 2.68. The molecule has 1 fully saturated rings. The van der Waals surface area contributed by atoms with E-state index < -0.39 is 10.0 Å². The number of nitrogens with zero attached hydrogens (tertiary/aromatic N) is 2. The smallest absolute Gasteiger partial charge is 0.243 e. The van der Waals surface area contributed by atoms with E-state index >= 15 is 0 Å². The van der Waals surface area contributed by atoms with Crippen molar-refractivity contribution >= 4 is 22.4 Å². The van der Waals surface area contributed by atoms with Crippen LogP contribution in [0.3, 0.4) is 0 Å². The molecule has 0 amide bonds. The molecule has 3 rings (SSSR count). The number of halogens is 1. The van der Waals surface area contributed by atoms with E-state index in [4.69, 9.17) is 4.74 Å². The van der Waals surface area contributed by atoms with E-state index in [0.29, 0.717) is 30.3 Å². The summed E-state index contributed by atoms with van der Waals surface area (Å²) in [6.45, 7) is 2.38. The Bertz CT molecular complexity index is 873. The van der Waals surface area contributed by atoms with Crippen molar-refractivity contribution in [1.82, 2.24) is 14.5 Å². The highest BCUT2D eigenvalue weighted by Crippen LogP contribution is 2.33. The molecule has 1 heterocycles. The molecule has 2 aromatic carbocycles. The quantitative estimate of drug-likeness (QED) is 0.770. The number of nitrogens with one attached hydrogen (secondary N) is 1. The summed E-state index contributed by atoms with van der Waals surface area (Å²) in [5.74, 6) is 0.702. The maximum Gasteiger partial charge on any atom is 0.243 e. The largest absolute Gasteiger partial charge is 0.496 e. The second kappa shape index (κ2) is 9.71. The molecule has 0 bridgehead atoms. The number of ether oxygens (including phenoxy) is 1. The van der Waals surface area contributed by atoms with E-state index in [0.717, 1.165) is 17.7 Å². The molecule has 154 valence electrons. The second-order valence-electron chi connectivity index (χ2n) is 6.96. The fourth-order valence-corrected chi connectivity index (χ4v) is 5.05. The minimum absolute atomic E-state index is 0. The van der Waals surface area contributed by atoms with Gasteiger partial charge >= 0.3 is 0 Å². The van der Waals surface area contributed by atoms with Crippen LogP contribution in [0.15, 0.2) is 53.4 Å². The standard InChI is InChI=1S/C20H27N3O3S.ClH/c1-22(2)15-16-8-10-17(11-9-16)27(24,25)23-13-12-21-14-19(23)18-6-4-5-7-20(18)26-3;/h4-11,19,21H,12-15H2,1-3H3;1H. The minimum Gasteiger partial charge on any atom is -0.496 e. The van der Waals surface area contributed by atoms with Gasteiger partial charge in [0.05, 0.1) is 18.0 Å². The molecule has 0 aliphatic carbocycles. The van der Waals surface area contributed by atoms with Gasteiger partial charge in [0.1, 0.15) is 5.75 Å². The third-order valence-electron chi connectivity index (χ3n) is 4.72. The van der Waals surface area contributed by atoms with Gasteiger partial charge in [-0.05, 0) is 37.9 Å². The van der Waals surface area contributed by atoms with E-state index in [2.05, 4.69) is 10.2 Å². The van der Waals surface area contributed by atoms with Crippen molar-refractivity contribution in [3.63, 3.8) is 0 Å². The topological polar surface area (TPSA) is 61.9 Å². The Morgan fingerprint density at radius 1 is 1.14 bits per heavy atom. The Hall–Kier alpha value is -1.64. The Morgan fingerprint density at radius 3 is 2.46 bits per heavy atom. The zero-order valence-corrected chi connectivity index (χ0v) is 18.1. The molecule has 2 aromatic rings. The molecule has 1 aliphatic heterocycles. The van der Waals surface area contributed by atoms with Crippen LogP contribution in [-0.2, 0) is 16.6 Å².